The lowest BCUT2D eigenvalue weighted by Crippen LogP contribution is -2.46. The van der Waals surface area contributed by atoms with Gasteiger partial charge < -0.3 is 15.6 Å². The first-order chi connectivity index (χ1) is 8.00. The SMILES string of the molecule is CC(NCCc1nncn1C)C(=O)NC(N)=O. The number of carbonyl (C=O) groups is 2. The van der Waals surface area contributed by atoms with E-state index < -0.39 is 18.0 Å². The second kappa shape index (κ2) is 5.94. The Morgan fingerprint density at radius 2 is 2.29 bits per heavy atom. The summed E-state index contributed by atoms with van der Waals surface area (Å²) in [6.07, 6.45) is 2.25. The van der Waals surface area contributed by atoms with Crippen LogP contribution in [0.15, 0.2) is 6.33 Å². The molecule has 8 nitrogen and oxygen atoms in total. The first-order valence-corrected chi connectivity index (χ1v) is 5.17. The number of nitrogens with zero attached hydrogens (tertiary/aromatic N) is 3. The van der Waals surface area contributed by atoms with Crippen molar-refractivity contribution >= 4 is 11.9 Å². The van der Waals surface area contributed by atoms with Crippen molar-refractivity contribution < 1.29 is 9.59 Å². The Morgan fingerprint density at radius 1 is 1.59 bits per heavy atom. The Bertz CT molecular complexity index is 402. The van der Waals surface area contributed by atoms with Crippen molar-refractivity contribution in [3.8, 4) is 0 Å². The average molecular weight is 240 g/mol. The number of nitrogens with one attached hydrogen (secondary N) is 2. The van der Waals surface area contributed by atoms with Crippen molar-refractivity contribution in [3.63, 3.8) is 0 Å². The van der Waals surface area contributed by atoms with Gasteiger partial charge in [-0.25, -0.2) is 4.79 Å². The number of nitrogens with two attached hydrogens (primary N) is 1. The Labute approximate surface area is 98.6 Å². The second-order valence-corrected chi connectivity index (χ2v) is 3.64. The summed E-state index contributed by atoms with van der Waals surface area (Å²) >= 11 is 0. The van der Waals surface area contributed by atoms with E-state index in [0.717, 1.165) is 5.82 Å². The summed E-state index contributed by atoms with van der Waals surface area (Å²) in [5, 5.41) is 12.6. The maximum atomic E-state index is 11.3. The lowest BCUT2D eigenvalue weighted by molar-refractivity contribution is -0.121. The number of hydrogen-bond donors (Lipinski definition) is 3. The molecule has 1 atom stereocenters. The van der Waals surface area contributed by atoms with Gasteiger partial charge in [0.25, 0.3) is 0 Å². The van der Waals surface area contributed by atoms with Crippen LogP contribution in [-0.2, 0) is 18.3 Å². The predicted molar refractivity (Wildman–Crippen MR) is 59.9 cm³/mol. The van der Waals surface area contributed by atoms with Crippen LogP contribution in [0.25, 0.3) is 0 Å². The van der Waals surface area contributed by atoms with Gasteiger partial charge >= 0.3 is 6.03 Å². The first kappa shape index (κ1) is 13.1. The number of rotatable bonds is 5. The molecular formula is C9H16N6O2. The lowest BCUT2D eigenvalue weighted by atomic mass is 10.3. The minimum Gasteiger partial charge on any atom is -0.351 e. The molecule has 0 spiro atoms. The number of amides is 3. The van der Waals surface area contributed by atoms with Crippen molar-refractivity contribution in [2.45, 2.75) is 19.4 Å². The fraction of sp³-hybridized carbons (Fsp3) is 0.556. The second-order valence-electron chi connectivity index (χ2n) is 3.64. The monoisotopic (exact) mass is 240 g/mol. The first-order valence-electron chi connectivity index (χ1n) is 5.17. The molecule has 4 N–H and O–H groups in total. The Morgan fingerprint density at radius 3 is 2.82 bits per heavy atom. The maximum Gasteiger partial charge on any atom is 0.318 e. The summed E-state index contributed by atoms with van der Waals surface area (Å²) in [7, 11) is 1.85. The third kappa shape index (κ3) is 4.19. The fourth-order valence-corrected chi connectivity index (χ4v) is 1.26. The van der Waals surface area contributed by atoms with E-state index in [9.17, 15) is 9.59 Å². The highest BCUT2D eigenvalue weighted by atomic mass is 16.2. The molecule has 0 aliphatic rings. The quantitative estimate of drug-likeness (QED) is 0.581. The summed E-state index contributed by atoms with van der Waals surface area (Å²) in [6.45, 7) is 2.20. The highest BCUT2D eigenvalue weighted by molar-refractivity contribution is 5.96. The van der Waals surface area contributed by atoms with Crippen LogP contribution in [0.1, 0.15) is 12.7 Å². The average Bonchev–Trinajstić information content (AvgIpc) is 2.63. The van der Waals surface area contributed by atoms with Gasteiger partial charge in [-0.2, -0.15) is 0 Å². The molecule has 1 unspecified atom stereocenters. The molecule has 17 heavy (non-hydrogen) atoms. The van der Waals surface area contributed by atoms with E-state index in [-0.39, 0.29) is 0 Å². The third-order valence-corrected chi connectivity index (χ3v) is 2.24. The van der Waals surface area contributed by atoms with Gasteiger partial charge in [-0.1, -0.05) is 0 Å². The van der Waals surface area contributed by atoms with Crippen molar-refractivity contribution in [2.75, 3.05) is 6.54 Å². The van der Waals surface area contributed by atoms with E-state index in [1.807, 2.05) is 12.4 Å². The van der Waals surface area contributed by atoms with Gasteiger partial charge in [-0.3, -0.25) is 10.1 Å². The Balaban J connectivity index is 2.29. The van der Waals surface area contributed by atoms with E-state index in [0.29, 0.717) is 13.0 Å². The fourth-order valence-electron chi connectivity index (χ4n) is 1.26. The van der Waals surface area contributed by atoms with Gasteiger partial charge in [0.15, 0.2) is 0 Å². The number of primary amides is 1. The summed E-state index contributed by atoms with van der Waals surface area (Å²) in [6, 6.07) is -1.34. The molecule has 0 aromatic carbocycles. The third-order valence-electron chi connectivity index (χ3n) is 2.24. The van der Waals surface area contributed by atoms with Gasteiger partial charge in [-0.15, -0.1) is 10.2 Å². The van der Waals surface area contributed by atoms with Crippen LogP contribution in [-0.4, -0.2) is 39.3 Å². The minimum atomic E-state index is -0.850. The molecule has 1 aromatic heterocycles. The summed E-state index contributed by atoms with van der Waals surface area (Å²) in [5.41, 5.74) is 4.84. The largest absolute Gasteiger partial charge is 0.351 e. The zero-order valence-electron chi connectivity index (χ0n) is 9.80. The van der Waals surface area contributed by atoms with Crippen LogP contribution in [0, 0.1) is 0 Å². The Hall–Kier alpha value is -1.96. The van der Waals surface area contributed by atoms with Crippen molar-refractivity contribution in [1.82, 2.24) is 25.4 Å². The van der Waals surface area contributed by atoms with Crippen LogP contribution in [0.3, 0.4) is 0 Å². The zero-order chi connectivity index (χ0) is 12.8. The van der Waals surface area contributed by atoms with E-state index in [1.165, 1.54) is 0 Å². The smallest absolute Gasteiger partial charge is 0.318 e. The molecule has 0 saturated carbocycles. The highest BCUT2D eigenvalue weighted by Gasteiger charge is 2.13. The molecule has 0 saturated heterocycles. The summed E-state index contributed by atoms with van der Waals surface area (Å²) in [5.74, 6) is 0.371. The van der Waals surface area contributed by atoms with Gasteiger partial charge in [0.2, 0.25) is 5.91 Å². The molecule has 8 heteroatoms. The topological polar surface area (TPSA) is 115 Å². The molecule has 1 heterocycles. The van der Waals surface area contributed by atoms with Crippen LogP contribution in [0.5, 0.6) is 0 Å². The van der Waals surface area contributed by atoms with Crippen LogP contribution >= 0.6 is 0 Å². The predicted octanol–water partition coefficient (Wildman–Crippen LogP) is -1.47. The summed E-state index contributed by atoms with van der Waals surface area (Å²) in [4.78, 5) is 21.8. The van der Waals surface area contributed by atoms with Gasteiger partial charge in [-0.05, 0) is 6.92 Å². The molecule has 94 valence electrons. The van der Waals surface area contributed by atoms with Crippen molar-refractivity contribution in [3.05, 3.63) is 12.2 Å². The molecule has 0 aliphatic heterocycles. The molecule has 0 fully saturated rings. The van der Waals surface area contributed by atoms with Crippen molar-refractivity contribution in [2.24, 2.45) is 12.8 Å². The molecule has 1 rings (SSSR count). The Kier molecular flexibility index (Phi) is 4.58. The van der Waals surface area contributed by atoms with Gasteiger partial charge in [0.1, 0.15) is 12.2 Å². The van der Waals surface area contributed by atoms with Crippen LogP contribution in [0.4, 0.5) is 4.79 Å². The van der Waals surface area contributed by atoms with E-state index in [4.69, 9.17) is 5.73 Å². The lowest BCUT2D eigenvalue weighted by Gasteiger charge is -2.11. The number of aryl methyl sites for hydroxylation is 1. The zero-order valence-corrected chi connectivity index (χ0v) is 9.80. The normalized spacial score (nSPS) is 12.1. The molecule has 0 radical (unpaired) electrons. The number of imide groups is 1. The van der Waals surface area contributed by atoms with Crippen molar-refractivity contribution in [1.29, 1.82) is 0 Å². The van der Waals surface area contributed by atoms with Gasteiger partial charge in [0.05, 0.1) is 6.04 Å². The number of carbonyl (C=O) groups excluding carboxylic acids is 2. The van der Waals surface area contributed by atoms with Crippen LogP contribution in [0.2, 0.25) is 0 Å². The molecule has 0 bridgehead atoms. The van der Waals surface area contributed by atoms with E-state index in [2.05, 4.69) is 15.5 Å². The molecule has 3 amide bonds. The van der Waals surface area contributed by atoms with E-state index in [1.54, 1.807) is 17.8 Å². The van der Waals surface area contributed by atoms with Gasteiger partial charge in [0, 0.05) is 20.0 Å². The molecular weight excluding hydrogens is 224 g/mol. The summed E-state index contributed by atoms with van der Waals surface area (Å²) < 4.78 is 1.80. The number of urea groups is 1. The number of hydrogen-bond acceptors (Lipinski definition) is 5. The highest BCUT2D eigenvalue weighted by Crippen LogP contribution is 1.92. The van der Waals surface area contributed by atoms with E-state index >= 15 is 0 Å². The standard InChI is InChI=1S/C9H16N6O2/c1-6(8(16)13-9(10)17)11-4-3-7-14-12-5-15(7)2/h5-6,11H,3-4H2,1-2H3,(H3,10,13,16,17). The molecule has 1 aromatic rings. The maximum absolute atomic E-state index is 11.3. The van der Waals surface area contributed by atoms with Crippen LogP contribution < -0.4 is 16.4 Å². The molecule has 0 aliphatic carbocycles. The number of aromatic nitrogens is 3. The minimum absolute atomic E-state index is 0.449.